The molecule has 9 aromatic heterocycles. The zero-order valence-electron chi connectivity index (χ0n) is 60.5. The topological polar surface area (TPSA) is 14.8 Å². The highest BCUT2D eigenvalue weighted by molar-refractivity contribution is 7.35. The Labute approximate surface area is 672 Å². The molecule has 0 aliphatic rings. The summed E-state index contributed by atoms with van der Waals surface area (Å²) in [6.07, 6.45) is 0. The van der Waals surface area contributed by atoms with Gasteiger partial charge in [0.15, 0.2) is 0 Å². The minimum Gasteiger partial charge on any atom is -0.306 e. The lowest BCUT2D eigenvalue weighted by Gasteiger charge is -2.19. The minimum absolute atomic E-state index is 1.21. The first-order chi connectivity index (χ1) is 56.1. The van der Waals surface area contributed by atoms with Gasteiger partial charge < -0.3 is 13.7 Å². The first-order valence-electron chi connectivity index (χ1n) is 38.2. The third-order valence-corrected chi connectivity index (χ3v) is 30.4. The van der Waals surface area contributed by atoms with E-state index in [1.165, 1.54) is 226 Å². The van der Waals surface area contributed by atoms with E-state index in [1.807, 2.05) is 68.0 Å². The summed E-state index contributed by atoms with van der Waals surface area (Å²) in [5.74, 6) is 0. The third kappa shape index (κ3) is 9.93. The minimum atomic E-state index is 1.21. The molecule has 0 bridgehead atoms. The van der Waals surface area contributed by atoms with Crippen LogP contribution in [0.2, 0.25) is 0 Å². The Bertz CT molecular complexity index is 8000. The fourth-order valence-corrected chi connectivity index (χ4v) is 25.7. The van der Waals surface area contributed by atoms with Crippen LogP contribution in [0.25, 0.3) is 226 Å². The van der Waals surface area contributed by atoms with Gasteiger partial charge in [-0.25, -0.2) is 0 Å². The second kappa shape index (κ2) is 25.9. The SMILES string of the molecule is c1ccc(-c2c3ccccc3c(-n3c4c5ccccc5sc4c4sc5ccccc5c43)c3ccccc23)cc1.c1ccc(-c2ccc(-n3c4c5ccccc5sc4c4sc5ccccc5c43)cc2)cc1.c1ccc2cc(-c3c4ccccc4c(-n4c5c6ccccc6sc5c5sc6ccccc6c54)c4ccccc34)ccc2c1. The lowest BCUT2D eigenvalue weighted by atomic mass is 9.89. The van der Waals surface area contributed by atoms with Gasteiger partial charge in [-0.2, -0.15) is 0 Å². The highest BCUT2D eigenvalue weighted by Gasteiger charge is 2.29. The van der Waals surface area contributed by atoms with Gasteiger partial charge in [0.25, 0.3) is 0 Å². The standard InChI is InChI=1S/C40H23NS2.C36H21NS2.C28H17NS2/c1-2-12-25-23-26(22-21-24(25)11-1)35-27-13-3-5-15-29(27)36(30-16-6-4-14-28(30)35)41-37-31-17-7-9-19-33(31)42-39(37)40-38(41)32-18-8-10-20-34(32)43-40;1-2-12-22(13-3-1)31-23-14-4-6-16-25(23)32(26-17-7-5-15-24(26)31)37-33-27-18-8-10-20-29(27)38-35(33)36-34(37)28-19-9-11-21-30(28)39-36;1-2-8-18(9-3-1)19-14-16-20(17-15-19)29-25-21-10-4-6-12-23(21)30-27(25)28-26(29)22-11-5-7-13-24(22)31-28/h1-23H;1-21H;1-17H. The predicted octanol–water partition coefficient (Wildman–Crippen LogP) is 32.4. The highest BCUT2D eigenvalue weighted by Crippen LogP contribution is 2.55. The van der Waals surface area contributed by atoms with E-state index < -0.39 is 0 Å². The average Bonchev–Trinajstić information content (AvgIpc) is 1.56. The fraction of sp³-hybridized carbons (Fsp3) is 0. The lowest BCUT2D eigenvalue weighted by Crippen LogP contribution is -1.99. The number of nitrogens with zero attached hydrogens (tertiary/aromatic N) is 3. The predicted molar refractivity (Wildman–Crippen MR) is 498 cm³/mol. The highest BCUT2D eigenvalue weighted by atomic mass is 32.1. The van der Waals surface area contributed by atoms with Crippen molar-refractivity contribution in [2.45, 2.75) is 0 Å². The van der Waals surface area contributed by atoms with Crippen molar-refractivity contribution in [2.24, 2.45) is 0 Å². The Morgan fingerprint density at radius 2 is 0.398 bits per heavy atom. The van der Waals surface area contributed by atoms with Gasteiger partial charge in [-0.3, -0.25) is 0 Å². The quantitative estimate of drug-likeness (QED) is 0.147. The molecule has 0 aliphatic heterocycles. The van der Waals surface area contributed by atoms with Gasteiger partial charge in [-0.05, 0) is 120 Å². The van der Waals surface area contributed by atoms with Crippen molar-refractivity contribution in [3.63, 3.8) is 0 Å². The molecule has 113 heavy (non-hydrogen) atoms. The molecular weight excluding hydrogens is 1480 g/mol. The Morgan fingerprint density at radius 1 is 0.159 bits per heavy atom. The average molecular weight is 1550 g/mol. The molecule has 528 valence electrons. The van der Waals surface area contributed by atoms with Gasteiger partial charge in [0.05, 0.1) is 72.7 Å². The molecule has 17 aromatic carbocycles. The van der Waals surface area contributed by atoms with Crippen LogP contribution in [0.15, 0.2) is 370 Å². The summed E-state index contributed by atoms with van der Waals surface area (Å²) in [7, 11) is 0. The summed E-state index contributed by atoms with van der Waals surface area (Å²) in [4.78, 5) is 0. The monoisotopic (exact) mass is 1540 g/mol. The van der Waals surface area contributed by atoms with Crippen molar-refractivity contribution in [2.75, 3.05) is 0 Å². The number of hydrogen-bond acceptors (Lipinski definition) is 6. The van der Waals surface area contributed by atoms with Crippen LogP contribution in [-0.2, 0) is 0 Å². The number of thiophene rings is 6. The van der Waals surface area contributed by atoms with Crippen LogP contribution in [0.5, 0.6) is 0 Å². The Balaban J connectivity index is 0.0000000995. The van der Waals surface area contributed by atoms with Crippen LogP contribution in [0.3, 0.4) is 0 Å². The van der Waals surface area contributed by atoms with Crippen LogP contribution in [-0.4, -0.2) is 13.7 Å². The van der Waals surface area contributed by atoms with Crippen LogP contribution < -0.4 is 0 Å². The van der Waals surface area contributed by atoms with Crippen LogP contribution in [0, 0.1) is 0 Å². The largest absolute Gasteiger partial charge is 0.306 e. The summed E-state index contributed by atoms with van der Waals surface area (Å²) in [6, 6.07) is 135. The van der Waals surface area contributed by atoms with Gasteiger partial charge in [0.1, 0.15) is 0 Å². The first kappa shape index (κ1) is 65.0. The van der Waals surface area contributed by atoms with Crippen LogP contribution in [0.1, 0.15) is 0 Å². The second-order valence-corrected chi connectivity index (χ2v) is 35.4. The fourth-order valence-electron chi connectivity index (χ4n) is 18.2. The molecule has 0 saturated carbocycles. The van der Waals surface area contributed by atoms with Gasteiger partial charge in [-0.1, -0.05) is 315 Å². The number of rotatable bonds is 6. The molecule has 0 unspecified atom stereocenters. The van der Waals surface area contributed by atoms with E-state index in [-0.39, 0.29) is 0 Å². The van der Waals surface area contributed by atoms with Gasteiger partial charge >= 0.3 is 0 Å². The number of benzene rings is 17. The summed E-state index contributed by atoms with van der Waals surface area (Å²) in [5.41, 5.74) is 19.3. The maximum Gasteiger partial charge on any atom is 0.0737 e. The van der Waals surface area contributed by atoms with E-state index in [4.69, 9.17) is 0 Å². The molecule has 0 N–H and O–H groups in total. The molecular formula is C104H61N3S6. The molecule has 0 radical (unpaired) electrons. The van der Waals surface area contributed by atoms with Crippen molar-refractivity contribution in [3.05, 3.63) is 370 Å². The molecule has 0 fully saturated rings. The van der Waals surface area contributed by atoms with Gasteiger partial charge in [0.2, 0.25) is 0 Å². The van der Waals surface area contributed by atoms with Crippen molar-refractivity contribution >= 4 is 244 Å². The van der Waals surface area contributed by atoms with Crippen LogP contribution >= 0.6 is 68.0 Å². The Kier molecular flexibility index (Phi) is 14.9. The summed E-state index contributed by atoms with van der Waals surface area (Å²) in [6.45, 7) is 0. The molecule has 9 heteroatoms. The van der Waals surface area contributed by atoms with Crippen molar-refractivity contribution in [1.82, 2.24) is 13.7 Å². The van der Waals surface area contributed by atoms with E-state index >= 15 is 0 Å². The molecule has 0 aliphatic carbocycles. The molecule has 3 nitrogen and oxygen atoms in total. The second-order valence-electron chi connectivity index (χ2n) is 29.1. The Morgan fingerprint density at radius 3 is 0.735 bits per heavy atom. The summed E-state index contributed by atoms with van der Waals surface area (Å²) < 4.78 is 24.0. The lowest BCUT2D eigenvalue weighted by molar-refractivity contribution is 1.20. The number of aromatic nitrogens is 3. The smallest absolute Gasteiger partial charge is 0.0737 e. The van der Waals surface area contributed by atoms with Gasteiger partial charge in [-0.15, -0.1) is 68.0 Å². The maximum atomic E-state index is 2.61. The summed E-state index contributed by atoms with van der Waals surface area (Å²) >= 11 is 11.5. The zero-order chi connectivity index (χ0) is 73.9. The molecule has 26 aromatic rings. The first-order valence-corrected chi connectivity index (χ1v) is 43.1. The summed E-state index contributed by atoms with van der Waals surface area (Å²) in [5, 5.41) is 20.7. The van der Waals surface area contributed by atoms with Gasteiger partial charge in [0, 0.05) is 87.7 Å². The van der Waals surface area contributed by atoms with E-state index in [0.717, 1.165) is 0 Å². The van der Waals surface area contributed by atoms with E-state index in [2.05, 4.69) is 384 Å². The third-order valence-electron chi connectivity index (χ3n) is 23.0. The number of hydrogen-bond donors (Lipinski definition) is 0. The maximum absolute atomic E-state index is 2.61. The van der Waals surface area contributed by atoms with E-state index in [0.29, 0.717) is 0 Å². The van der Waals surface area contributed by atoms with Crippen LogP contribution in [0.4, 0.5) is 0 Å². The molecule has 0 spiro atoms. The Hall–Kier alpha value is -12.8. The van der Waals surface area contributed by atoms with Crippen molar-refractivity contribution in [3.8, 4) is 50.4 Å². The molecule has 26 rings (SSSR count). The molecule has 0 atom stereocenters. The molecule has 9 heterocycles. The van der Waals surface area contributed by atoms with E-state index in [9.17, 15) is 0 Å². The number of fused-ring (bicyclic) bond motifs is 26. The van der Waals surface area contributed by atoms with Crippen molar-refractivity contribution < 1.29 is 0 Å². The van der Waals surface area contributed by atoms with E-state index in [1.54, 1.807) is 0 Å². The van der Waals surface area contributed by atoms with Crippen molar-refractivity contribution in [1.29, 1.82) is 0 Å². The normalized spacial score (nSPS) is 12.1. The molecule has 0 amide bonds. The molecule has 0 saturated heterocycles. The zero-order valence-corrected chi connectivity index (χ0v) is 65.4.